The molecule has 1 aromatic heterocycles. The Balaban J connectivity index is 1.46. The van der Waals surface area contributed by atoms with E-state index in [1.165, 1.54) is 6.07 Å². The van der Waals surface area contributed by atoms with Gasteiger partial charge in [-0.15, -0.1) is 0 Å². The molecule has 3 aliphatic carbocycles. The lowest BCUT2D eigenvalue weighted by molar-refractivity contribution is -0.119. The number of anilines is 1. The van der Waals surface area contributed by atoms with E-state index in [0.717, 1.165) is 29.7 Å². The number of benzene rings is 1. The number of nitriles is 2. The second-order valence-electron chi connectivity index (χ2n) is 9.17. The third-order valence-corrected chi connectivity index (χ3v) is 7.91. The van der Waals surface area contributed by atoms with Crippen molar-refractivity contribution in [3.05, 3.63) is 52.9 Å². The number of fused-ring (bicyclic) bond motifs is 1. The van der Waals surface area contributed by atoms with Crippen LogP contribution in [0.2, 0.25) is 0 Å². The number of sulfonamides is 1. The molecule has 2 saturated carbocycles. The van der Waals surface area contributed by atoms with Crippen LogP contribution in [0.5, 0.6) is 0 Å². The molecule has 7 nitrogen and oxygen atoms in total. The first-order valence-corrected chi connectivity index (χ1v) is 12.6. The molecule has 33 heavy (non-hydrogen) atoms. The lowest BCUT2D eigenvalue weighted by atomic mass is 9.94. The second kappa shape index (κ2) is 7.83. The predicted molar refractivity (Wildman–Crippen MR) is 123 cm³/mol. The molecule has 1 aromatic carbocycles. The highest BCUT2D eigenvalue weighted by Gasteiger charge is 2.47. The minimum Gasteiger partial charge on any atom is -0.299 e. The van der Waals surface area contributed by atoms with Crippen LogP contribution in [0.25, 0.3) is 17.2 Å². The highest BCUT2D eigenvalue weighted by molar-refractivity contribution is 7.92. The Hall–Kier alpha value is -3.49. The SMILES string of the molecule is N#Cc1cc(NS(=O)(=O)CC2(C#N)CC2)ccc1-c1cc(CC(=O)C2CC2)nc2c1C=CC2. The summed E-state index contributed by atoms with van der Waals surface area (Å²) in [4.78, 5) is 17.0. The smallest absolute Gasteiger partial charge is 0.234 e. The predicted octanol–water partition coefficient (Wildman–Crippen LogP) is 3.76. The summed E-state index contributed by atoms with van der Waals surface area (Å²) in [5.74, 6) is 0.108. The van der Waals surface area contributed by atoms with Gasteiger partial charge in [0.15, 0.2) is 0 Å². The van der Waals surface area contributed by atoms with Gasteiger partial charge in [-0.2, -0.15) is 10.5 Å². The van der Waals surface area contributed by atoms with Gasteiger partial charge in [-0.05, 0) is 49.4 Å². The van der Waals surface area contributed by atoms with E-state index in [2.05, 4.69) is 21.8 Å². The van der Waals surface area contributed by atoms with E-state index >= 15 is 0 Å². The van der Waals surface area contributed by atoms with Gasteiger partial charge in [-0.3, -0.25) is 14.5 Å². The molecule has 5 rings (SSSR count). The Morgan fingerprint density at radius 3 is 2.64 bits per heavy atom. The number of ketones is 1. The fourth-order valence-corrected chi connectivity index (χ4v) is 5.93. The summed E-state index contributed by atoms with van der Waals surface area (Å²) in [6.45, 7) is 0. The maximum Gasteiger partial charge on any atom is 0.234 e. The van der Waals surface area contributed by atoms with Gasteiger partial charge in [0, 0.05) is 41.3 Å². The van der Waals surface area contributed by atoms with Crippen molar-refractivity contribution in [2.75, 3.05) is 10.5 Å². The zero-order chi connectivity index (χ0) is 23.2. The monoisotopic (exact) mass is 458 g/mol. The molecule has 0 amide bonds. The first-order valence-electron chi connectivity index (χ1n) is 11.0. The average molecular weight is 459 g/mol. The number of carbonyl (C=O) groups is 1. The van der Waals surface area contributed by atoms with Gasteiger partial charge in [-0.25, -0.2) is 8.42 Å². The van der Waals surface area contributed by atoms with E-state index in [1.54, 1.807) is 12.1 Å². The summed E-state index contributed by atoms with van der Waals surface area (Å²) in [6, 6.07) is 11.0. The van der Waals surface area contributed by atoms with Crippen molar-refractivity contribution in [3.63, 3.8) is 0 Å². The molecule has 0 saturated heterocycles. The first-order chi connectivity index (χ1) is 15.8. The molecule has 0 atom stereocenters. The number of aromatic nitrogens is 1. The zero-order valence-electron chi connectivity index (χ0n) is 18.0. The van der Waals surface area contributed by atoms with Crippen molar-refractivity contribution in [2.24, 2.45) is 11.3 Å². The molecule has 0 bridgehead atoms. The molecular formula is C25H22N4O3S. The summed E-state index contributed by atoms with van der Waals surface area (Å²) < 4.78 is 27.6. The van der Waals surface area contributed by atoms with E-state index in [-0.39, 0.29) is 29.6 Å². The second-order valence-corrected chi connectivity index (χ2v) is 10.9. The third-order valence-electron chi connectivity index (χ3n) is 6.43. The summed E-state index contributed by atoms with van der Waals surface area (Å²) >= 11 is 0. The van der Waals surface area contributed by atoms with Crippen molar-refractivity contribution < 1.29 is 13.2 Å². The van der Waals surface area contributed by atoms with Crippen LogP contribution in [0, 0.1) is 34.0 Å². The van der Waals surface area contributed by atoms with Gasteiger partial charge in [0.25, 0.3) is 0 Å². The Bertz CT molecular complexity index is 1390. The van der Waals surface area contributed by atoms with Crippen LogP contribution in [-0.4, -0.2) is 24.9 Å². The van der Waals surface area contributed by atoms with Gasteiger partial charge >= 0.3 is 0 Å². The number of Topliss-reactive ketones (excluding diaryl/α,β-unsaturated/α-hetero) is 1. The number of nitrogens with zero attached hydrogens (tertiary/aromatic N) is 3. The summed E-state index contributed by atoms with van der Waals surface area (Å²) in [6.07, 6.45) is 7.99. The summed E-state index contributed by atoms with van der Waals surface area (Å²) in [5, 5.41) is 19.0. The van der Waals surface area contributed by atoms with E-state index in [4.69, 9.17) is 0 Å². The minimum atomic E-state index is -3.72. The number of nitrogens with one attached hydrogen (secondary N) is 1. The van der Waals surface area contributed by atoms with Crippen molar-refractivity contribution in [1.29, 1.82) is 10.5 Å². The van der Waals surface area contributed by atoms with Crippen LogP contribution in [-0.2, 0) is 27.7 Å². The molecule has 166 valence electrons. The van der Waals surface area contributed by atoms with Crippen molar-refractivity contribution in [2.45, 2.75) is 38.5 Å². The maximum atomic E-state index is 12.5. The van der Waals surface area contributed by atoms with Crippen LogP contribution >= 0.6 is 0 Å². The molecule has 0 unspecified atom stereocenters. The van der Waals surface area contributed by atoms with Crippen LogP contribution in [0.15, 0.2) is 30.3 Å². The quantitative estimate of drug-likeness (QED) is 0.642. The van der Waals surface area contributed by atoms with Gasteiger partial charge < -0.3 is 0 Å². The van der Waals surface area contributed by atoms with Gasteiger partial charge in [0.1, 0.15) is 5.78 Å². The van der Waals surface area contributed by atoms with Crippen LogP contribution in [0.3, 0.4) is 0 Å². The fourth-order valence-electron chi connectivity index (χ4n) is 4.29. The molecule has 2 aromatic rings. The van der Waals surface area contributed by atoms with Crippen molar-refractivity contribution >= 4 is 27.6 Å². The largest absolute Gasteiger partial charge is 0.299 e. The lowest BCUT2D eigenvalue weighted by Gasteiger charge is -2.14. The molecule has 1 heterocycles. The van der Waals surface area contributed by atoms with Crippen molar-refractivity contribution in [1.82, 2.24) is 4.98 Å². The molecule has 2 fully saturated rings. The average Bonchev–Trinajstić information content (AvgIpc) is 3.71. The lowest BCUT2D eigenvalue weighted by Crippen LogP contribution is -2.22. The van der Waals surface area contributed by atoms with Crippen LogP contribution in [0.1, 0.15) is 48.2 Å². The standard InChI is InChI=1S/C25H22N4O3S/c26-13-17-10-18(29-33(31,32)15-25(14-27)8-9-25)6-7-20(17)22-11-19(12-24(30)16-4-5-16)28-23-3-1-2-21(22)23/h1-2,6-7,10-11,16,29H,3-5,8-9,12,15H2. The van der Waals surface area contributed by atoms with Crippen molar-refractivity contribution in [3.8, 4) is 23.3 Å². The first kappa shape index (κ1) is 21.4. The molecule has 1 N–H and O–H groups in total. The Labute approximate surface area is 192 Å². The van der Waals surface area contributed by atoms with E-state index < -0.39 is 15.4 Å². The normalized spacial score (nSPS) is 17.6. The molecular weight excluding hydrogens is 436 g/mol. The molecule has 3 aliphatic rings. The Morgan fingerprint density at radius 2 is 1.97 bits per heavy atom. The molecule has 8 heteroatoms. The number of carbonyl (C=O) groups excluding carboxylic acids is 1. The van der Waals surface area contributed by atoms with E-state index in [1.807, 2.05) is 18.2 Å². The maximum absolute atomic E-state index is 12.5. The third kappa shape index (κ3) is 4.40. The minimum absolute atomic E-state index is 0.152. The number of hydrogen-bond donors (Lipinski definition) is 1. The van der Waals surface area contributed by atoms with Crippen LogP contribution in [0.4, 0.5) is 5.69 Å². The number of hydrogen-bond acceptors (Lipinski definition) is 6. The topological polar surface area (TPSA) is 124 Å². The highest BCUT2D eigenvalue weighted by Crippen LogP contribution is 2.46. The Morgan fingerprint density at radius 1 is 1.18 bits per heavy atom. The van der Waals surface area contributed by atoms with Crippen LogP contribution < -0.4 is 4.72 Å². The van der Waals surface area contributed by atoms with E-state index in [9.17, 15) is 23.7 Å². The van der Waals surface area contributed by atoms with E-state index in [0.29, 0.717) is 36.1 Å². The number of rotatable bonds is 8. The molecule has 0 aliphatic heterocycles. The summed E-state index contributed by atoms with van der Waals surface area (Å²) in [5.41, 5.74) is 3.81. The van der Waals surface area contributed by atoms with Gasteiger partial charge in [0.05, 0.1) is 34.6 Å². The fraction of sp³-hybridized carbons (Fsp3) is 0.360. The Kier molecular flexibility index (Phi) is 5.07. The zero-order valence-corrected chi connectivity index (χ0v) is 18.8. The van der Waals surface area contributed by atoms with Gasteiger partial charge in [-0.1, -0.05) is 18.2 Å². The molecule has 0 spiro atoms. The molecule has 0 radical (unpaired) electrons. The number of allylic oxidation sites excluding steroid dienone is 1. The number of pyridine rings is 1. The van der Waals surface area contributed by atoms with Gasteiger partial charge in [0.2, 0.25) is 10.0 Å². The highest BCUT2D eigenvalue weighted by atomic mass is 32.2. The summed E-state index contributed by atoms with van der Waals surface area (Å²) in [7, 11) is -3.72.